The molecule has 0 spiro atoms. The van der Waals surface area contributed by atoms with E-state index in [2.05, 4.69) is 18.1 Å². The lowest BCUT2D eigenvalue weighted by atomic mass is 10.1. The Morgan fingerprint density at radius 2 is 2.29 bits per heavy atom. The van der Waals surface area contributed by atoms with Crippen molar-refractivity contribution in [2.24, 2.45) is 0 Å². The van der Waals surface area contributed by atoms with Crippen LogP contribution in [0.15, 0.2) is 50.0 Å². The zero-order chi connectivity index (χ0) is 15.4. The topological polar surface area (TPSA) is 64.3 Å². The number of hydrogen-bond donors (Lipinski definition) is 1. The second-order valence-electron chi connectivity index (χ2n) is 4.49. The van der Waals surface area contributed by atoms with Gasteiger partial charge in [0.15, 0.2) is 0 Å². The highest BCUT2D eigenvalue weighted by molar-refractivity contribution is 6.14. The molecule has 0 fully saturated rings. The molecule has 1 heterocycles. The summed E-state index contributed by atoms with van der Waals surface area (Å²) in [6, 6.07) is 5.13. The monoisotopic (exact) mass is 284 g/mol. The maximum Gasteiger partial charge on any atom is 0.335 e. The van der Waals surface area contributed by atoms with Crippen LogP contribution in [0.2, 0.25) is 0 Å². The Morgan fingerprint density at radius 3 is 2.86 bits per heavy atom. The van der Waals surface area contributed by atoms with Gasteiger partial charge in [-0.1, -0.05) is 25.3 Å². The van der Waals surface area contributed by atoms with Gasteiger partial charge in [0.05, 0.1) is 23.3 Å². The molecule has 5 heteroatoms. The number of ether oxygens (including phenoxy) is 1. The van der Waals surface area contributed by atoms with E-state index in [1.165, 1.54) is 0 Å². The fraction of sp³-hybridized carbons (Fsp3) is 0.125. The minimum atomic E-state index is -1.06. The number of aryl methyl sites for hydroxylation is 1. The van der Waals surface area contributed by atoms with E-state index in [0.29, 0.717) is 17.9 Å². The second kappa shape index (κ2) is 6.09. The average molecular weight is 284 g/mol. The number of aromatic nitrogens is 2. The Hall–Kier alpha value is -2.82. The van der Waals surface area contributed by atoms with Gasteiger partial charge in [0.2, 0.25) is 0 Å². The molecule has 0 saturated carbocycles. The summed E-state index contributed by atoms with van der Waals surface area (Å²) >= 11 is 0. The van der Waals surface area contributed by atoms with Gasteiger partial charge in [0, 0.05) is 6.20 Å². The first-order chi connectivity index (χ1) is 10.0. The van der Waals surface area contributed by atoms with E-state index in [9.17, 15) is 4.79 Å². The lowest BCUT2D eigenvalue weighted by molar-refractivity contribution is -0.130. The van der Waals surface area contributed by atoms with Crippen LogP contribution in [0, 0.1) is 6.92 Å². The zero-order valence-corrected chi connectivity index (χ0v) is 11.7. The molecular formula is C16H16N2O3. The van der Waals surface area contributed by atoms with Gasteiger partial charge in [-0.25, -0.2) is 9.78 Å². The fourth-order valence-corrected chi connectivity index (χ4v) is 1.86. The van der Waals surface area contributed by atoms with Crippen LogP contribution in [-0.4, -0.2) is 27.2 Å². The van der Waals surface area contributed by atoms with Crippen LogP contribution in [-0.2, 0) is 4.79 Å². The molecule has 2 rings (SSSR count). The normalized spacial score (nSPS) is 10.1. The SMILES string of the molecule is C=CCOc1cc(C(=C)C(=O)O)ccc1-n1cnc(C)c1. The Kier molecular flexibility index (Phi) is 4.23. The summed E-state index contributed by atoms with van der Waals surface area (Å²) in [4.78, 5) is 15.2. The van der Waals surface area contributed by atoms with Crippen molar-refractivity contribution in [3.8, 4) is 11.4 Å². The molecule has 1 N–H and O–H groups in total. The number of nitrogens with zero attached hydrogens (tertiary/aromatic N) is 2. The van der Waals surface area contributed by atoms with E-state index in [0.717, 1.165) is 11.4 Å². The third-order valence-electron chi connectivity index (χ3n) is 2.91. The fourth-order valence-electron chi connectivity index (χ4n) is 1.86. The van der Waals surface area contributed by atoms with Crippen molar-refractivity contribution in [1.29, 1.82) is 0 Å². The summed E-state index contributed by atoms with van der Waals surface area (Å²) in [5, 5.41) is 9.02. The maximum atomic E-state index is 11.0. The van der Waals surface area contributed by atoms with Crippen LogP contribution in [0.3, 0.4) is 0 Å². The highest BCUT2D eigenvalue weighted by atomic mass is 16.5. The standard InChI is InChI=1S/C16H16N2O3/c1-4-7-21-15-8-13(12(3)16(19)20)5-6-14(15)18-9-11(2)17-10-18/h4-6,8-10H,1,3,7H2,2H3,(H,19,20). The molecule has 0 amide bonds. The van der Waals surface area contributed by atoms with Crippen LogP contribution >= 0.6 is 0 Å². The molecule has 2 aromatic rings. The lowest BCUT2D eigenvalue weighted by Gasteiger charge is -2.13. The zero-order valence-electron chi connectivity index (χ0n) is 11.7. The summed E-state index contributed by atoms with van der Waals surface area (Å²) in [5.74, 6) is -0.511. The van der Waals surface area contributed by atoms with Gasteiger partial charge in [-0.2, -0.15) is 0 Å². The summed E-state index contributed by atoms with van der Waals surface area (Å²) in [5.41, 5.74) is 2.18. The van der Waals surface area contributed by atoms with Crippen molar-refractivity contribution in [2.45, 2.75) is 6.92 Å². The molecular weight excluding hydrogens is 268 g/mol. The molecule has 0 atom stereocenters. The number of aliphatic carboxylic acids is 1. The van der Waals surface area contributed by atoms with E-state index in [1.54, 1.807) is 30.6 Å². The quantitative estimate of drug-likeness (QED) is 0.654. The minimum absolute atomic E-state index is 0.0202. The maximum absolute atomic E-state index is 11.0. The molecule has 108 valence electrons. The van der Waals surface area contributed by atoms with E-state index in [4.69, 9.17) is 9.84 Å². The number of benzene rings is 1. The lowest BCUT2D eigenvalue weighted by Crippen LogP contribution is -2.03. The molecule has 0 radical (unpaired) electrons. The van der Waals surface area contributed by atoms with Crippen molar-refractivity contribution < 1.29 is 14.6 Å². The van der Waals surface area contributed by atoms with Gasteiger partial charge in [0.25, 0.3) is 0 Å². The summed E-state index contributed by atoms with van der Waals surface area (Å²) in [6.45, 7) is 9.38. The predicted octanol–water partition coefficient (Wildman–Crippen LogP) is 2.84. The van der Waals surface area contributed by atoms with Gasteiger partial charge in [-0.3, -0.25) is 0 Å². The van der Waals surface area contributed by atoms with Gasteiger partial charge >= 0.3 is 5.97 Å². The average Bonchev–Trinajstić information content (AvgIpc) is 2.90. The molecule has 0 saturated heterocycles. The first kappa shape index (κ1) is 14.6. The van der Waals surface area contributed by atoms with Crippen LogP contribution in [0.25, 0.3) is 11.3 Å². The van der Waals surface area contributed by atoms with Gasteiger partial charge < -0.3 is 14.4 Å². The molecule has 5 nitrogen and oxygen atoms in total. The molecule has 0 aliphatic carbocycles. The summed E-state index contributed by atoms with van der Waals surface area (Å²) < 4.78 is 7.44. The number of rotatable bonds is 6. The number of carbonyl (C=O) groups is 1. The largest absolute Gasteiger partial charge is 0.487 e. The molecule has 1 aromatic heterocycles. The Bertz CT molecular complexity index is 701. The number of hydrogen-bond acceptors (Lipinski definition) is 3. The van der Waals surface area contributed by atoms with Gasteiger partial charge in [-0.15, -0.1) is 0 Å². The molecule has 0 aliphatic heterocycles. The second-order valence-corrected chi connectivity index (χ2v) is 4.49. The van der Waals surface area contributed by atoms with Crippen LogP contribution in [0.1, 0.15) is 11.3 Å². The third-order valence-corrected chi connectivity index (χ3v) is 2.91. The number of carboxylic acid groups (broad SMARTS) is 1. The first-order valence-corrected chi connectivity index (χ1v) is 6.34. The first-order valence-electron chi connectivity index (χ1n) is 6.34. The molecule has 1 aromatic carbocycles. The van der Waals surface area contributed by atoms with Crippen LogP contribution < -0.4 is 4.74 Å². The van der Waals surface area contributed by atoms with Crippen LogP contribution in [0.4, 0.5) is 0 Å². The van der Waals surface area contributed by atoms with E-state index in [1.807, 2.05) is 17.7 Å². The van der Waals surface area contributed by atoms with Crippen molar-refractivity contribution >= 4 is 11.5 Å². The predicted molar refractivity (Wildman–Crippen MR) is 80.7 cm³/mol. The third kappa shape index (κ3) is 3.20. The Morgan fingerprint density at radius 1 is 1.52 bits per heavy atom. The summed E-state index contributed by atoms with van der Waals surface area (Å²) in [6.07, 6.45) is 5.17. The van der Waals surface area contributed by atoms with Gasteiger partial charge in [-0.05, 0) is 24.6 Å². The van der Waals surface area contributed by atoms with Crippen molar-refractivity contribution in [3.63, 3.8) is 0 Å². The molecule has 0 aliphatic rings. The van der Waals surface area contributed by atoms with Crippen LogP contribution in [0.5, 0.6) is 5.75 Å². The van der Waals surface area contributed by atoms with Crippen molar-refractivity contribution in [1.82, 2.24) is 9.55 Å². The minimum Gasteiger partial charge on any atom is -0.487 e. The van der Waals surface area contributed by atoms with Crippen molar-refractivity contribution in [2.75, 3.05) is 6.61 Å². The number of imidazole rings is 1. The number of carboxylic acids is 1. The molecule has 0 bridgehead atoms. The van der Waals surface area contributed by atoms with E-state index >= 15 is 0 Å². The molecule has 21 heavy (non-hydrogen) atoms. The highest BCUT2D eigenvalue weighted by Gasteiger charge is 2.12. The summed E-state index contributed by atoms with van der Waals surface area (Å²) in [7, 11) is 0. The van der Waals surface area contributed by atoms with Gasteiger partial charge in [0.1, 0.15) is 12.4 Å². The highest BCUT2D eigenvalue weighted by Crippen LogP contribution is 2.27. The Labute approximate surface area is 122 Å². The Balaban J connectivity index is 2.47. The smallest absolute Gasteiger partial charge is 0.335 e. The molecule has 0 unspecified atom stereocenters. The van der Waals surface area contributed by atoms with E-state index < -0.39 is 5.97 Å². The van der Waals surface area contributed by atoms with E-state index in [-0.39, 0.29) is 5.57 Å². The van der Waals surface area contributed by atoms with Crippen molar-refractivity contribution in [3.05, 3.63) is 61.2 Å².